The van der Waals surface area contributed by atoms with E-state index in [4.69, 9.17) is 4.74 Å². The van der Waals surface area contributed by atoms with Crippen LogP contribution in [0.3, 0.4) is 0 Å². The molecule has 2 rings (SSSR count). The van der Waals surface area contributed by atoms with Gasteiger partial charge in [0.1, 0.15) is 10.2 Å². The summed E-state index contributed by atoms with van der Waals surface area (Å²) in [6.07, 6.45) is 1.52. The van der Waals surface area contributed by atoms with Gasteiger partial charge in [-0.1, -0.05) is 6.07 Å². The Morgan fingerprint density at radius 1 is 1.48 bits per heavy atom. The van der Waals surface area contributed by atoms with Crippen LogP contribution in [0.25, 0.3) is 0 Å². The Labute approximate surface area is 144 Å². The molecule has 5 nitrogen and oxygen atoms in total. The Balaban J connectivity index is 0.00000220. The lowest BCUT2D eigenvalue weighted by Gasteiger charge is -2.37. The van der Waals surface area contributed by atoms with Crippen LogP contribution in [0.1, 0.15) is 32.4 Å². The fourth-order valence-corrected chi connectivity index (χ4v) is 2.36. The van der Waals surface area contributed by atoms with Crippen LogP contribution < -0.4 is 5.32 Å². The van der Waals surface area contributed by atoms with E-state index in [1.54, 1.807) is 11.1 Å². The smallest absolute Gasteiger partial charge is 0.410 e. The molecule has 1 amide bonds. The van der Waals surface area contributed by atoms with E-state index in [0.29, 0.717) is 13.1 Å². The second-order valence-corrected chi connectivity index (χ2v) is 6.62. The number of nitrogens with zero attached hydrogens (tertiary/aromatic N) is 2. The van der Waals surface area contributed by atoms with Crippen LogP contribution in [-0.4, -0.2) is 41.2 Å². The summed E-state index contributed by atoms with van der Waals surface area (Å²) in [5, 5.41) is 3.31. The maximum atomic E-state index is 12.3. The highest BCUT2D eigenvalue weighted by molar-refractivity contribution is 9.10. The SMILES string of the molecule is Br.CC(C)(C)OC(=O)N1CCNCC1c1ccc(Br)nc1. The molecule has 1 aliphatic rings. The third kappa shape index (κ3) is 5.23. The van der Waals surface area contributed by atoms with Crippen LogP contribution in [0.4, 0.5) is 4.79 Å². The molecule has 0 aromatic carbocycles. The van der Waals surface area contributed by atoms with E-state index in [0.717, 1.165) is 16.7 Å². The summed E-state index contributed by atoms with van der Waals surface area (Å²) in [4.78, 5) is 18.3. The lowest BCUT2D eigenvalue weighted by molar-refractivity contribution is 0.0117. The number of amides is 1. The van der Waals surface area contributed by atoms with Crippen molar-refractivity contribution in [1.82, 2.24) is 15.2 Å². The summed E-state index contributed by atoms with van der Waals surface area (Å²) in [6, 6.07) is 3.82. The summed E-state index contributed by atoms with van der Waals surface area (Å²) in [7, 11) is 0. The molecule has 0 bridgehead atoms. The standard InChI is InChI=1S/C14H20BrN3O2.BrH/c1-14(2,3)20-13(19)18-7-6-16-9-11(18)10-4-5-12(15)17-8-10;/h4-5,8,11,16H,6-7,9H2,1-3H3;1H. The largest absolute Gasteiger partial charge is 0.444 e. The van der Waals surface area contributed by atoms with E-state index in [1.165, 1.54) is 0 Å². The minimum Gasteiger partial charge on any atom is -0.444 e. The van der Waals surface area contributed by atoms with Crippen molar-refractivity contribution in [2.45, 2.75) is 32.4 Å². The topological polar surface area (TPSA) is 54.5 Å². The van der Waals surface area contributed by atoms with Crippen LogP contribution in [0.2, 0.25) is 0 Å². The zero-order valence-corrected chi connectivity index (χ0v) is 15.7. The molecule has 1 saturated heterocycles. The minimum absolute atomic E-state index is 0. The summed E-state index contributed by atoms with van der Waals surface area (Å²) >= 11 is 3.32. The minimum atomic E-state index is -0.482. The van der Waals surface area contributed by atoms with Gasteiger partial charge in [-0.2, -0.15) is 0 Å². The molecule has 1 unspecified atom stereocenters. The number of aromatic nitrogens is 1. The van der Waals surface area contributed by atoms with Crippen molar-refractivity contribution in [2.24, 2.45) is 0 Å². The molecule has 21 heavy (non-hydrogen) atoms. The average molecular weight is 423 g/mol. The van der Waals surface area contributed by atoms with Crippen LogP contribution in [-0.2, 0) is 4.74 Å². The Hall–Kier alpha value is -0.660. The van der Waals surface area contributed by atoms with Crippen molar-refractivity contribution in [2.75, 3.05) is 19.6 Å². The van der Waals surface area contributed by atoms with E-state index in [2.05, 4.69) is 26.2 Å². The number of hydrogen-bond acceptors (Lipinski definition) is 4. The summed E-state index contributed by atoms with van der Waals surface area (Å²) < 4.78 is 6.27. The second-order valence-electron chi connectivity index (χ2n) is 5.81. The highest BCUT2D eigenvalue weighted by Crippen LogP contribution is 2.24. The number of rotatable bonds is 1. The predicted molar refractivity (Wildman–Crippen MR) is 90.8 cm³/mol. The number of pyridine rings is 1. The normalized spacial score (nSPS) is 18.9. The summed E-state index contributed by atoms with van der Waals surface area (Å²) in [5.74, 6) is 0. The summed E-state index contributed by atoms with van der Waals surface area (Å²) in [6.45, 7) is 7.76. The molecule has 0 radical (unpaired) electrons. The third-order valence-corrected chi connectivity index (χ3v) is 3.48. The Morgan fingerprint density at radius 2 is 2.19 bits per heavy atom. The molecule has 118 valence electrons. The van der Waals surface area contributed by atoms with Gasteiger partial charge in [0.25, 0.3) is 0 Å². The number of carbonyl (C=O) groups is 1. The molecule has 1 N–H and O–H groups in total. The van der Waals surface area contributed by atoms with Crippen LogP contribution in [0.5, 0.6) is 0 Å². The molecule has 7 heteroatoms. The lowest BCUT2D eigenvalue weighted by atomic mass is 10.1. The number of piperazine rings is 1. The van der Waals surface area contributed by atoms with Crippen molar-refractivity contribution < 1.29 is 9.53 Å². The van der Waals surface area contributed by atoms with E-state index < -0.39 is 5.60 Å². The number of hydrogen-bond donors (Lipinski definition) is 1. The van der Waals surface area contributed by atoms with Crippen molar-refractivity contribution in [1.29, 1.82) is 0 Å². The Bertz CT molecular complexity index is 474. The van der Waals surface area contributed by atoms with Crippen LogP contribution >= 0.6 is 32.9 Å². The first-order chi connectivity index (χ1) is 9.37. The quantitative estimate of drug-likeness (QED) is 0.705. The van der Waals surface area contributed by atoms with Crippen molar-refractivity contribution in [3.63, 3.8) is 0 Å². The average Bonchev–Trinajstić information content (AvgIpc) is 2.38. The summed E-state index contributed by atoms with van der Waals surface area (Å²) in [5.41, 5.74) is 0.524. The van der Waals surface area contributed by atoms with Gasteiger partial charge in [-0.05, 0) is 48.3 Å². The lowest BCUT2D eigenvalue weighted by Crippen LogP contribution is -2.50. The van der Waals surface area contributed by atoms with Gasteiger partial charge in [-0.25, -0.2) is 9.78 Å². The number of nitrogens with one attached hydrogen (secondary N) is 1. The highest BCUT2D eigenvalue weighted by atomic mass is 79.9. The predicted octanol–water partition coefficient (Wildman–Crippen LogP) is 3.30. The van der Waals surface area contributed by atoms with Crippen molar-refractivity contribution >= 4 is 39.0 Å². The molecular weight excluding hydrogens is 402 g/mol. The number of ether oxygens (including phenoxy) is 1. The van der Waals surface area contributed by atoms with E-state index in [1.807, 2.05) is 32.9 Å². The number of halogens is 2. The Morgan fingerprint density at radius 3 is 2.76 bits per heavy atom. The Kier molecular flexibility index (Phi) is 6.62. The van der Waals surface area contributed by atoms with E-state index in [9.17, 15) is 4.79 Å². The molecule has 1 fully saturated rings. The van der Waals surface area contributed by atoms with Crippen LogP contribution in [0, 0.1) is 0 Å². The maximum absolute atomic E-state index is 12.3. The van der Waals surface area contributed by atoms with E-state index >= 15 is 0 Å². The van der Waals surface area contributed by atoms with Gasteiger partial charge in [0.2, 0.25) is 0 Å². The first kappa shape index (κ1) is 18.4. The van der Waals surface area contributed by atoms with Gasteiger partial charge in [0, 0.05) is 25.8 Å². The number of carbonyl (C=O) groups excluding carboxylic acids is 1. The zero-order valence-electron chi connectivity index (χ0n) is 12.4. The maximum Gasteiger partial charge on any atom is 0.410 e. The molecule has 0 spiro atoms. The molecule has 1 aromatic rings. The monoisotopic (exact) mass is 421 g/mol. The molecule has 0 saturated carbocycles. The van der Waals surface area contributed by atoms with Crippen molar-refractivity contribution in [3.8, 4) is 0 Å². The fraction of sp³-hybridized carbons (Fsp3) is 0.571. The first-order valence-electron chi connectivity index (χ1n) is 6.68. The molecule has 0 aliphatic carbocycles. The van der Waals surface area contributed by atoms with Gasteiger partial charge in [0.15, 0.2) is 0 Å². The van der Waals surface area contributed by atoms with Gasteiger partial charge in [-0.15, -0.1) is 17.0 Å². The molecule has 1 aromatic heterocycles. The molecule has 1 aliphatic heterocycles. The van der Waals surface area contributed by atoms with E-state index in [-0.39, 0.29) is 29.1 Å². The molecular formula is C14H21Br2N3O2. The van der Waals surface area contributed by atoms with Gasteiger partial charge in [0.05, 0.1) is 6.04 Å². The second kappa shape index (κ2) is 7.56. The van der Waals surface area contributed by atoms with Gasteiger partial charge in [-0.3, -0.25) is 4.90 Å². The third-order valence-electron chi connectivity index (χ3n) is 3.01. The van der Waals surface area contributed by atoms with Crippen molar-refractivity contribution in [3.05, 3.63) is 28.5 Å². The van der Waals surface area contributed by atoms with Gasteiger partial charge < -0.3 is 10.1 Å². The first-order valence-corrected chi connectivity index (χ1v) is 7.48. The van der Waals surface area contributed by atoms with Gasteiger partial charge >= 0.3 is 6.09 Å². The highest BCUT2D eigenvalue weighted by Gasteiger charge is 2.31. The molecule has 2 heterocycles. The molecule has 1 atom stereocenters. The van der Waals surface area contributed by atoms with Crippen LogP contribution in [0.15, 0.2) is 22.9 Å². The fourth-order valence-electron chi connectivity index (χ4n) is 2.13. The zero-order chi connectivity index (χ0) is 14.8.